The molecule has 0 fully saturated rings. The monoisotopic (exact) mass is 356 g/mol. The molecule has 0 heterocycles. The number of rotatable bonds is 2. The predicted molar refractivity (Wildman–Crippen MR) is 85.3 cm³/mol. The first-order valence-corrected chi connectivity index (χ1v) is 9.30. The zero-order valence-electron chi connectivity index (χ0n) is 12.2. The summed E-state index contributed by atoms with van der Waals surface area (Å²) in [6.07, 6.45) is 1.87. The largest absolute Gasteiger partial charge is 0.223 e. The van der Waals surface area contributed by atoms with E-state index in [2.05, 4.69) is 0 Å². The molecular formula is C17H15ClF2O2S. The van der Waals surface area contributed by atoms with E-state index in [-0.39, 0.29) is 22.4 Å². The zero-order chi connectivity index (χ0) is 16.6. The Bertz CT molecular complexity index is 832. The lowest BCUT2D eigenvalue weighted by atomic mass is 10.0. The first-order valence-electron chi connectivity index (χ1n) is 7.37. The van der Waals surface area contributed by atoms with Crippen LogP contribution in [-0.4, -0.2) is 8.42 Å². The summed E-state index contributed by atoms with van der Waals surface area (Å²) < 4.78 is 54.3. The van der Waals surface area contributed by atoms with Gasteiger partial charge in [0.15, 0.2) is 9.84 Å². The molecule has 3 rings (SSSR count). The summed E-state index contributed by atoms with van der Waals surface area (Å²) in [6.45, 7) is 0. The van der Waals surface area contributed by atoms with Crippen LogP contribution in [0.2, 0.25) is 5.02 Å². The van der Waals surface area contributed by atoms with E-state index in [1.54, 1.807) is 0 Å². The van der Waals surface area contributed by atoms with Gasteiger partial charge in [-0.25, -0.2) is 17.2 Å². The number of benzene rings is 2. The van der Waals surface area contributed by atoms with Crippen LogP contribution in [0.25, 0.3) is 0 Å². The maximum absolute atomic E-state index is 14.3. The van der Waals surface area contributed by atoms with E-state index in [1.807, 2.05) is 0 Å². The van der Waals surface area contributed by atoms with Crippen LogP contribution in [0.3, 0.4) is 0 Å². The van der Waals surface area contributed by atoms with E-state index in [0.29, 0.717) is 24.3 Å². The smallest absolute Gasteiger partial charge is 0.185 e. The first-order chi connectivity index (χ1) is 10.9. The van der Waals surface area contributed by atoms with E-state index >= 15 is 0 Å². The SMILES string of the molecule is O=S(=O)(c1ccc(Cl)cc1)C1CCCCc2c(F)ccc(F)c21. The fourth-order valence-electron chi connectivity index (χ4n) is 3.09. The molecule has 0 saturated carbocycles. The fourth-order valence-corrected chi connectivity index (χ4v) is 5.10. The van der Waals surface area contributed by atoms with Crippen molar-refractivity contribution in [3.63, 3.8) is 0 Å². The lowest BCUT2D eigenvalue weighted by molar-refractivity contribution is 0.550. The minimum absolute atomic E-state index is 0.0163. The highest BCUT2D eigenvalue weighted by molar-refractivity contribution is 7.91. The quantitative estimate of drug-likeness (QED) is 0.720. The Kier molecular flexibility index (Phi) is 4.43. The summed E-state index contributed by atoms with van der Waals surface area (Å²) in [5.41, 5.74) is 0.169. The summed E-state index contributed by atoms with van der Waals surface area (Å²) in [4.78, 5) is 0.0726. The maximum atomic E-state index is 14.3. The summed E-state index contributed by atoms with van der Waals surface area (Å²) >= 11 is 5.80. The second-order valence-electron chi connectivity index (χ2n) is 5.65. The van der Waals surface area contributed by atoms with Crippen molar-refractivity contribution in [3.05, 3.63) is 64.2 Å². The van der Waals surface area contributed by atoms with Crippen molar-refractivity contribution in [1.29, 1.82) is 0 Å². The third-order valence-corrected chi connectivity index (χ3v) is 6.63. The van der Waals surface area contributed by atoms with Crippen molar-refractivity contribution in [1.82, 2.24) is 0 Å². The highest BCUT2D eigenvalue weighted by Gasteiger charge is 2.35. The molecule has 0 aromatic heterocycles. The van der Waals surface area contributed by atoms with Crippen LogP contribution >= 0.6 is 11.6 Å². The third-order valence-electron chi connectivity index (χ3n) is 4.23. The van der Waals surface area contributed by atoms with Gasteiger partial charge in [-0.2, -0.15) is 0 Å². The average molecular weight is 357 g/mol. The van der Waals surface area contributed by atoms with Gasteiger partial charge in [-0.1, -0.05) is 18.0 Å². The number of fused-ring (bicyclic) bond motifs is 1. The molecule has 1 aliphatic carbocycles. The molecular weight excluding hydrogens is 342 g/mol. The molecule has 0 bridgehead atoms. The minimum atomic E-state index is -3.82. The Morgan fingerprint density at radius 3 is 2.30 bits per heavy atom. The molecule has 0 aliphatic heterocycles. The average Bonchev–Trinajstić information content (AvgIpc) is 2.75. The Balaban J connectivity index is 2.17. The second-order valence-corrected chi connectivity index (χ2v) is 8.22. The fraction of sp³-hybridized carbons (Fsp3) is 0.294. The van der Waals surface area contributed by atoms with Gasteiger partial charge in [0.05, 0.1) is 10.1 Å². The minimum Gasteiger partial charge on any atom is -0.223 e. The molecule has 2 aromatic rings. The standard InChI is InChI=1S/C17H15ClF2O2S/c18-11-5-7-12(8-6-11)23(21,22)16-4-2-1-3-13-14(19)9-10-15(20)17(13)16/h5-10,16H,1-4H2. The first kappa shape index (κ1) is 16.4. The molecule has 122 valence electrons. The summed E-state index contributed by atoms with van der Waals surface area (Å²) in [5.74, 6) is -1.20. The van der Waals surface area contributed by atoms with Gasteiger partial charge in [-0.3, -0.25) is 0 Å². The van der Waals surface area contributed by atoms with E-state index in [4.69, 9.17) is 11.6 Å². The highest BCUT2D eigenvalue weighted by atomic mass is 35.5. The highest BCUT2D eigenvalue weighted by Crippen LogP contribution is 2.40. The normalized spacial score (nSPS) is 18.3. The third kappa shape index (κ3) is 3.00. The van der Waals surface area contributed by atoms with Crippen molar-refractivity contribution in [2.24, 2.45) is 0 Å². The van der Waals surface area contributed by atoms with Gasteiger partial charge in [0, 0.05) is 10.6 Å². The molecule has 0 saturated heterocycles. The molecule has 1 unspecified atom stereocenters. The van der Waals surface area contributed by atoms with Gasteiger partial charge in [0.25, 0.3) is 0 Å². The van der Waals surface area contributed by atoms with Gasteiger partial charge in [0.2, 0.25) is 0 Å². The van der Waals surface area contributed by atoms with Gasteiger partial charge < -0.3 is 0 Å². The van der Waals surface area contributed by atoms with Crippen LogP contribution in [0, 0.1) is 11.6 Å². The second kappa shape index (κ2) is 6.21. The van der Waals surface area contributed by atoms with Crippen molar-refractivity contribution in [2.75, 3.05) is 0 Å². The summed E-state index contributed by atoms with van der Waals surface area (Å²) in [6, 6.07) is 7.83. The molecule has 0 radical (unpaired) electrons. The molecule has 0 amide bonds. The van der Waals surface area contributed by atoms with E-state index in [1.165, 1.54) is 24.3 Å². The lowest BCUT2D eigenvalue weighted by Crippen LogP contribution is -2.16. The Hall–Kier alpha value is -1.46. The molecule has 1 atom stereocenters. The van der Waals surface area contributed by atoms with E-state index in [0.717, 1.165) is 12.1 Å². The van der Waals surface area contributed by atoms with Crippen molar-refractivity contribution in [3.8, 4) is 0 Å². The van der Waals surface area contributed by atoms with E-state index < -0.39 is 26.7 Å². The zero-order valence-corrected chi connectivity index (χ0v) is 13.8. The number of hydrogen-bond acceptors (Lipinski definition) is 2. The molecule has 0 N–H and O–H groups in total. The van der Waals surface area contributed by atoms with Crippen LogP contribution in [0.4, 0.5) is 8.78 Å². The van der Waals surface area contributed by atoms with Gasteiger partial charge >= 0.3 is 0 Å². The molecule has 0 spiro atoms. The van der Waals surface area contributed by atoms with Crippen LogP contribution in [0.5, 0.6) is 0 Å². The topological polar surface area (TPSA) is 34.1 Å². The Morgan fingerprint density at radius 2 is 1.61 bits per heavy atom. The molecule has 6 heteroatoms. The molecule has 1 aliphatic rings. The predicted octanol–water partition coefficient (Wildman–Crippen LogP) is 4.86. The maximum Gasteiger partial charge on any atom is 0.185 e. The van der Waals surface area contributed by atoms with Gasteiger partial charge in [0.1, 0.15) is 11.6 Å². The van der Waals surface area contributed by atoms with Crippen LogP contribution in [0.15, 0.2) is 41.3 Å². The van der Waals surface area contributed by atoms with Crippen LogP contribution in [0.1, 0.15) is 35.6 Å². The van der Waals surface area contributed by atoms with Crippen LogP contribution in [-0.2, 0) is 16.3 Å². The summed E-state index contributed by atoms with van der Waals surface area (Å²) in [7, 11) is -3.82. The number of hydrogen-bond donors (Lipinski definition) is 0. The van der Waals surface area contributed by atoms with Crippen molar-refractivity contribution >= 4 is 21.4 Å². The Labute approximate surface area is 139 Å². The van der Waals surface area contributed by atoms with Crippen LogP contribution < -0.4 is 0 Å². The molecule has 23 heavy (non-hydrogen) atoms. The number of halogens is 3. The van der Waals surface area contributed by atoms with E-state index in [9.17, 15) is 17.2 Å². The van der Waals surface area contributed by atoms with Gasteiger partial charge in [-0.05, 0) is 61.2 Å². The van der Waals surface area contributed by atoms with Gasteiger partial charge in [-0.15, -0.1) is 0 Å². The lowest BCUT2D eigenvalue weighted by Gasteiger charge is -2.19. The Morgan fingerprint density at radius 1 is 0.957 bits per heavy atom. The molecule has 2 aromatic carbocycles. The summed E-state index contributed by atoms with van der Waals surface area (Å²) in [5, 5.41) is -0.653. The molecule has 2 nitrogen and oxygen atoms in total. The van der Waals surface area contributed by atoms with Crippen molar-refractivity contribution < 1.29 is 17.2 Å². The van der Waals surface area contributed by atoms with Crippen molar-refractivity contribution in [2.45, 2.75) is 35.8 Å². The number of sulfone groups is 1.